The topological polar surface area (TPSA) is 92.4 Å². The van der Waals surface area contributed by atoms with Gasteiger partial charge in [-0.05, 0) is 75.1 Å². The molecule has 0 radical (unpaired) electrons. The van der Waals surface area contributed by atoms with Crippen LogP contribution in [0.2, 0.25) is 0 Å². The van der Waals surface area contributed by atoms with Gasteiger partial charge in [0, 0.05) is 37.4 Å². The van der Waals surface area contributed by atoms with Gasteiger partial charge in [0.25, 0.3) is 0 Å². The van der Waals surface area contributed by atoms with E-state index in [4.69, 9.17) is 15.5 Å². The number of rotatable bonds is 6. The maximum absolute atomic E-state index is 16.6. The number of halogens is 6. The monoisotopic (exact) mass is 673 g/mol. The summed E-state index contributed by atoms with van der Waals surface area (Å²) in [6, 6.07) is 1.44. The van der Waals surface area contributed by atoms with Gasteiger partial charge in [-0.25, -0.2) is 13.2 Å². The zero-order valence-corrected chi connectivity index (χ0v) is 26.4. The van der Waals surface area contributed by atoms with Gasteiger partial charge in [-0.2, -0.15) is 23.1 Å². The summed E-state index contributed by atoms with van der Waals surface area (Å²) in [4.78, 5) is 17.5. The minimum atomic E-state index is -5.01. The number of nitrogens with zero attached hydrogens (tertiary/aromatic N) is 5. The maximum Gasteiger partial charge on any atom is 0.417 e. The minimum Gasteiger partial charge on any atom is -0.461 e. The Morgan fingerprint density at radius 1 is 1.06 bits per heavy atom. The second-order valence-corrected chi connectivity index (χ2v) is 14.3. The third kappa shape index (κ3) is 5.08. The molecule has 1 saturated carbocycles. The summed E-state index contributed by atoms with van der Waals surface area (Å²) in [5.74, 6) is -1.81. The highest BCUT2D eigenvalue weighted by atomic mass is 19.4. The van der Waals surface area contributed by atoms with Crippen LogP contribution in [-0.4, -0.2) is 69.8 Å². The number of aromatic nitrogens is 3. The number of nitrogens with two attached hydrogens (primary N) is 1. The van der Waals surface area contributed by atoms with Gasteiger partial charge in [-0.1, -0.05) is 12.8 Å². The Hall–Kier alpha value is -3.65. The number of nitrogen functional groups attached to an aromatic ring is 1. The van der Waals surface area contributed by atoms with E-state index in [2.05, 4.69) is 25.1 Å². The number of anilines is 2. The van der Waals surface area contributed by atoms with Gasteiger partial charge < -0.3 is 20.7 Å². The fourth-order valence-corrected chi connectivity index (χ4v) is 9.22. The van der Waals surface area contributed by atoms with Crippen molar-refractivity contribution in [3.05, 3.63) is 47.4 Å². The molecule has 0 unspecified atom stereocenters. The first-order valence-electron chi connectivity index (χ1n) is 16.7. The molecule has 48 heavy (non-hydrogen) atoms. The lowest BCUT2D eigenvalue weighted by atomic mass is 9.80. The third-order valence-electron chi connectivity index (χ3n) is 11.5. The van der Waals surface area contributed by atoms with E-state index in [1.807, 2.05) is 0 Å². The van der Waals surface area contributed by atoms with Gasteiger partial charge >= 0.3 is 12.2 Å². The summed E-state index contributed by atoms with van der Waals surface area (Å²) in [6.45, 7) is 2.58. The highest BCUT2D eigenvalue weighted by Crippen LogP contribution is 2.47. The van der Waals surface area contributed by atoms with Gasteiger partial charge in [0.05, 0.1) is 34.1 Å². The number of pyridine rings is 1. The van der Waals surface area contributed by atoms with E-state index < -0.39 is 45.9 Å². The van der Waals surface area contributed by atoms with Crippen molar-refractivity contribution < 1.29 is 31.1 Å². The number of ether oxygens (including phenoxy) is 1. The second-order valence-electron chi connectivity index (χ2n) is 14.3. The summed E-state index contributed by atoms with van der Waals surface area (Å²) in [7, 11) is 0. The highest BCUT2D eigenvalue weighted by molar-refractivity contribution is 5.92. The zero-order chi connectivity index (χ0) is 33.4. The van der Waals surface area contributed by atoms with Crippen LogP contribution in [0.25, 0.3) is 22.2 Å². The van der Waals surface area contributed by atoms with Gasteiger partial charge in [0.2, 0.25) is 0 Å². The zero-order valence-electron chi connectivity index (χ0n) is 26.4. The Morgan fingerprint density at radius 2 is 1.88 bits per heavy atom. The fourth-order valence-electron chi connectivity index (χ4n) is 9.22. The number of hydrogen-bond acceptors (Lipinski definition) is 8. The summed E-state index contributed by atoms with van der Waals surface area (Å²) in [5, 5.41) is 4.06. The largest absolute Gasteiger partial charge is 0.461 e. The Balaban J connectivity index is 1.25. The van der Waals surface area contributed by atoms with Gasteiger partial charge in [-0.3, -0.25) is 9.88 Å². The molecule has 8 nitrogen and oxygen atoms in total. The van der Waals surface area contributed by atoms with E-state index >= 15 is 8.78 Å². The molecule has 5 aliphatic rings. The Bertz CT molecular complexity index is 1800. The summed E-state index contributed by atoms with van der Waals surface area (Å²) < 4.78 is 93.9. The summed E-state index contributed by atoms with van der Waals surface area (Å²) in [5.41, 5.74) is 1.48. The average Bonchev–Trinajstić information content (AvgIpc) is 3.85. The lowest BCUT2D eigenvalue weighted by Crippen LogP contribution is -2.62. The first-order valence-corrected chi connectivity index (χ1v) is 16.7. The van der Waals surface area contributed by atoms with E-state index in [0.29, 0.717) is 55.8 Å². The number of hydrogen-bond donors (Lipinski definition) is 2. The number of benzene rings is 1. The standard InChI is InChI=1S/C34H37F6N7O/c35-13-19-12-32(9-3-11-47(32)15-19)18-48-31-43-28-22(14-42-29(27(28)37)25-23(34(38,39)40)6-7-24(41)26(25)36)30(44-31)46-16-21-8-10-33(17-46,45-21)20-4-1-2-5-20/h6-7,13-14,20-21,45H,1-5,8-12,15-18,41H2/b19-13+/t21-,32-,33+/m0/s1. The molecule has 4 aliphatic heterocycles. The molecule has 1 aliphatic carbocycles. The third-order valence-corrected chi connectivity index (χ3v) is 11.5. The molecule has 0 amide bonds. The smallest absolute Gasteiger partial charge is 0.417 e. The van der Waals surface area contributed by atoms with Crippen LogP contribution < -0.4 is 20.7 Å². The van der Waals surface area contributed by atoms with E-state index in [0.717, 1.165) is 51.1 Å². The summed E-state index contributed by atoms with van der Waals surface area (Å²) >= 11 is 0. The molecule has 3 atom stereocenters. The van der Waals surface area contributed by atoms with E-state index in [1.165, 1.54) is 19.0 Å². The quantitative estimate of drug-likeness (QED) is 0.225. The predicted octanol–water partition coefficient (Wildman–Crippen LogP) is 6.54. The van der Waals surface area contributed by atoms with Crippen molar-refractivity contribution in [1.82, 2.24) is 25.2 Å². The fraction of sp³-hybridized carbons (Fsp3) is 0.559. The summed E-state index contributed by atoms with van der Waals surface area (Å²) in [6.07, 6.45) is 5.56. The van der Waals surface area contributed by atoms with Crippen LogP contribution in [-0.2, 0) is 6.18 Å². The minimum absolute atomic E-state index is 0.118. The van der Waals surface area contributed by atoms with Crippen molar-refractivity contribution in [1.29, 1.82) is 0 Å². The Labute approximate surface area is 273 Å². The van der Waals surface area contributed by atoms with Crippen molar-refractivity contribution >= 4 is 22.4 Å². The predicted molar refractivity (Wildman–Crippen MR) is 168 cm³/mol. The number of piperazine rings is 1. The number of nitrogens with one attached hydrogen (secondary N) is 1. The van der Waals surface area contributed by atoms with Crippen LogP contribution in [0.3, 0.4) is 0 Å². The molecular weight excluding hydrogens is 636 g/mol. The number of alkyl halides is 3. The van der Waals surface area contributed by atoms with E-state index in [9.17, 15) is 17.6 Å². The van der Waals surface area contributed by atoms with Crippen LogP contribution >= 0.6 is 0 Å². The second kappa shape index (κ2) is 11.5. The molecule has 14 heteroatoms. The van der Waals surface area contributed by atoms with E-state index in [-0.39, 0.29) is 35.1 Å². The molecule has 5 fully saturated rings. The molecule has 2 bridgehead atoms. The molecule has 2 aromatic heterocycles. The first kappa shape index (κ1) is 31.6. The number of fused-ring (bicyclic) bond motifs is 4. The molecule has 256 valence electrons. The van der Waals surface area contributed by atoms with Crippen molar-refractivity contribution in [2.24, 2.45) is 5.92 Å². The van der Waals surface area contributed by atoms with Crippen molar-refractivity contribution in [3.63, 3.8) is 0 Å². The van der Waals surface area contributed by atoms with Gasteiger partial charge in [-0.15, -0.1) is 0 Å². The molecule has 3 N–H and O–H groups in total. The molecule has 3 aromatic rings. The van der Waals surface area contributed by atoms with E-state index in [1.54, 1.807) is 0 Å². The molecular formula is C34H37F6N7O. The normalized spacial score (nSPS) is 28.7. The first-order chi connectivity index (χ1) is 23.0. The van der Waals surface area contributed by atoms with Crippen LogP contribution in [0.5, 0.6) is 6.01 Å². The molecule has 6 heterocycles. The van der Waals surface area contributed by atoms with Crippen LogP contribution in [0.4, 0.5) is 37.8 Å². The maximum atomic E-state index is 16.6. The SMILES string of the molecule is Nc1ccc(C(F)(F)F)c(-c2ncc3c(N4C[C@@H]5CC[C@](C6CCCC6)(C4)N5)nc(OC[C@@]45CCCN4C/C(=C/F)C5)nc3c2F)c1F. The Morgan fingerprint density at radius 3 is 2.65 bits per heavy atom. The highest BCUT2D eigenvalue weighted by Gasteiger charge is 2.51. The van der Waals surface area contributed by atoms with Crippen LogP contribution in [0.1, 0.15) is 63.4 Å². The van der Waals surface area contributed by atoms with Gasteiger partial charge in [0.15, 0.2) is 11.6 Å². The van der Waals surface area contributed by atoms with Crippen molar-refractivity contribution in [2.75, 3.05) is 43.4 Å². The van der Waals surface area contributed by atoms with Gasteiger partial charge in [0.1, 0.15) is 23.6 Å². The molecule has 1 aromatic carbocycles. The Kier molecular flexibility index (Phi) is 7.55. The lowest BCUT2D eigenvalue weighted by Gasteiger charge is -2.45. The van der Waals surface area contributed by atoms with Crippen molar-refractivity contribution in [3.8, 4) is 17.3 Å². The molecule has 8 rings (SSSR count). The molecule has 4 saturated heterocycles. The molecule has 0 spiro atoms. The average molecular weight is 674 g/mol. The van der Waals surface area contributed by atoms with Crippen LogP contribution in [0, 0.1) is 17.6 Å². The lowest BCUT2D eigenvalue weighted by molar-refractivity contribution is -0.137. The van der Waals surface area contributed by atoms with Crippen LogP contribution in [0.15, 0.2) is 30.2 Å². The van der Waals surface area contributed by atoms with Crippen molar-refractivity contribution in [2.45, 2.75) is 81.1 Å².